The first-order valence-corrected chi connectivity index (χ1v) is 12.5. The second kappa shape index (κ2) is 15.4. The van der Waals surface area contributed by atoms with Crippen molar-refractivity contribution in [3.63, 3.8) is 0 Å². The number of ether oxygens (including phenoxy) is 2. The Morgan fingerprint density at radius 3 is 2.16 bits per heavy atom. The summed E-state index contributed by atoms with van der Waals surface area (Å²) >= 11 is 12.5. The van der Waals surface area contributed by atoms with Crippen molar-refractivity contribution in [2.45, 2.75) is 59.1 Å². The Kier molecular flexibility index (Phi) is 12.9. The highest BCUT2D eigenvalue weighted by Crippen LogP contribution is 2.37. The molecule has 0 radical (unpaired) electrons. The zero-order chi connectivity index (χ0) is 23.2. The van der Waals surface area contributed by atoms with Crippen LogP contribution in [0, 0.1) is 0 Å². The summed E-state index contributed by atoms with van der Waals surface area (Å²) in [5, 5.41) is 4.80. The van der Waals surface area contributed by atoms with Gasteiger partial charge in [0.25, 0.3) is 0 Å². The van der Waals surface area contributed by atoms with Crippen LogP contribution >= 0.6 is 23.2 Å². The van der Waals surface area contributed by atoms with Crippen LogP contribution in [0.15, 0.2) is 36.4 Å². The van der Waals surface area contributed by atoms with Gasteiger partial charge < -0.3 is 19.7 Å². The van der Waals surface area contributed by atoms with Gasteiger partial charge in [-0.25, -0.2) is 0 Å². The van der Waals surface area contributed by atoms with E-state index in [-0.39, 0.29) is 0 Å². The molecule has 32 heavy (non-hydrogen) atoms. The number of nitrogens with one attached hydrogen (secondary N) is 1. The Morgan fingerprint density at radius 2 is 1.53 bits per heavy atom. The second-order valence-electron chi connectivity index (χ2n) is 8.10. The van der Waals surface area contributed by atoms with Crippen LogP contribution in [0.2, 0.25) is 10.0 Å². The predicted octanol–water partition coefficient (Wildman–Crippen LogP) is 6.96. The van der Waals surface area contributed by atoms with Gasteiger partial charge in [-0.3, -0.25) is 0 Å². The fourth-order valence-corrected chi connectivity index (χ4v) is 3.92. The lowest BCUT2D eigenvalue weighted by Gasteiger charge is -2.22. The summed E-state index contributed by atoms with van der Waals surface area (Å²) in [5.74, 6) is 1.21. The molecule has 0 unspecified atom stereocenters. The Balaban J connectivity index is 1.83. The van der Waals surface area contributed by atoms with Gasteiger partial charge in [0, 0.05) is 11.6 Å². The van der Waals surface area contributed by atoms with Crippen LogP contribution in [-0.4, -0.2) is 38.2 Å². The summed E-state index contributed by atoms with van der Waals surface area (Å²) in [6, 6.07) is 11.5. The van der Waals surface area contributed by atoms with Crippen LogP contribution < -0.4 is 14.8 Å². The van der Waals surface area contributed by atoms with Crippen LogP contribution in [0.1, 0.15) is 57.1 Å². The van der Waals surface area contributed by atoms with E-state index in [4.69, 9.17) is 32.7 Å². The summed E-state index contributed by atoms with van der Waals surface area (Å²) in [5.41, 5.74) is 2.10. The molecule has 0 bridgehead atoms. The molecule has 0 aromatic heterocycles. The number of halogens is 2. The van der Waals surface area contributed by atoms with E-state index in [9.17, 15) is 0 Å². The van der Waals surface area contributed by atoms with Crippen molar-refractivity contribution >= 4 is 23.2 Å². The molecule has 0 aliphatic rings. The fraction of sp³-hybridized carbons (Fsp3) is 0.538. The average Bonchev–Trinajstić information content (AvgIpc) is 2.80. The third kappa shape index (κ3) is 9.58. The number of rotatable bonds is 16. The number of methoxy groups -OCH3 is 1. The van der Waals surface area contributed by atoms with Gasteiger partial charge in [0.2, 0.25) is 0 Å². The normalized spacial score (nSPS) is 11.2. The van der Waals surface area contributed by atoms with Crippen molar-refractivity contribution < 1.29 is 9.47 Å². The van der Waals surface area contributed by atoms with Gasteiger partial charge in [0.15, 0.2) is 11.5 Å². The fourth-order valence-electron chi connectivity index (χ4n) is 3.51. The zero-order valence-corrected chi connectivity index (χ0v) is 21.3. The van der Waals surface area contributed by atoms with Crippen molar-refractivity contribution in [1.82, 2.24) is 10.2 Å². The van der Waals surface area contributed by atoms with Gasteiger partial charge in [-0.05, 0) is 80.8 Å². The van der Waals surface area contributed by atoms with E-state index < -0.39 is 0 Å². The van der Waals surface area contributed by atoms with Gasteiger partial charge in [-0.2, -0.15) is 0 Å². The summed E-state index contributed by atoms with van der Waals surface area (Å²) in [6.07, 6.45) is 6.20. The second-order valence-corrected chi connectivity index (χ2v) is 8.95. The molecule has 0 fully saturated rings. The van der Waals surface area contributed by atoms with Crippen molar-refractivity contribution in [3.8, 4) is 11.5 Å². The van der Waals surface area contributed by atoms with Crippen LogP contribution in [0.5, 0.6) is 11.5 Å². The first-order valence-electron chi connectivity index (χ1n) is 11.7. The highest BCUT2D eigenvalue weighted by atomic mass is 35.5. The molecule has 0 aliphatic carbocycles. The van der Waals surface area contributed by atoms with E-state index in [0.29, 0.717) is 28.2 Å². The molecule has 0 atom stereocenters. The first-order chi connectivity index (χ1) is 15.6. The maximum Gasteiger partial charge on any atom is 0.180 e. The SMILES string of the molecule is CCCCN(CCCC)CCCNCc1cc(Cl)c(OCc2ccc(Cl)cc2)c(OC)c1. The minimum absolute atomic E-state index is 0.400. The van der Waals surface area contributed by atoms with Crippen molar-refractivity contribution in [2.75, 3.05) is 33.3 Å². The number of benzene rings is 2. The Morgan fingerprint density at radius 1 is 0.875 bits per heavy atom. The molecule has 2 rings (SSSR count). The average molecular weight is 482 g/mol. The molecule has 0 aliphatic heterocycles. The summed E-state index contributed by atoms with van der Waals surface area (Å²) < 4.78 is 11.5. The Hall–Kier alpha value is -1.46. The number of hydrogen-bond donors (Lipinski definition) is 1. The molecule has 2 aromatic carbocycles. The quantitative estimate of drug-likeness (QED) is 0.263. The molecular formula is C26H38Cl2N2O2. The van der Waals surface area contributed by atoms with Crippen molar-refractivity contribution in [2.24, 2.45) is 0 Å². The summed E-state index contributed by atoms with van der Waals surface area (Å²) in [7, 11) is 1.64. The van der Waals surface area contributed by atoms with E-state index in [0.717, 1.165) is 37.2 Å². The molecule has 1 N–H and O–H groups in total. The van der Waals surface area contributed by atoms with Crippen LogP contribution in [0.25, 0.3) is 0 Å². The molecule has 6 heteroatoms. The van der Waals surface area contributed by atoms with E-state index >= 15 is 0 Å². The van der Waals surface area contributed by atoms with Gasteiger partial charge in [0.1, 0.15) is 6.61 Å². The molecule has 0 saturated heterocycles. The van der Waals surface area contributed by atoms with Crippen LogP contribution in [-0.2, 0) is 13.2 Å². The smallest absolute Gasteiger partial charge is 0.180 e. The number of unbranched alkanes of at least 4 members (excludes halogenated alkanes) is 2. The highest BCUT2D eigenvalue weighted by Gasteiger charge is 2.12. The lowest BCUT2D eigenvalue weighted by Crippen LogP contribution is -2.29. The molecular weight excluding hydrogens is 443 g/mol. The molecule has 0 saturated carbocycles. The van der Waals surface area contributed by atoms with E-state index in [1.807, 2.05) is 36.4 Å². The van der Waals surface area contributed by atoms with Gasteiger partial charge in [-0.1, -0.05) is 62.0 Å². The minimum atomic E-state index is 0.400. The first kappa shape index (κ1) is 26.8. The highest BCUT2D eigenvalue weighted by molar-refractivity contribution is 6.32. The molecule has 0 amide bonds. The molecule has 0 heterocycles. The minimum Gasteiger partial charge on any atom is -0.493 e. The molecule has 2 aromatic rings. The van der Waals surface area contributed by atoms with E-state index in [1.54, 1.807) is 7.11 Å². The third-order valence-electron chi connectivity index (χ3n) is 5.40. The largest absolute Gasteiger partial charge is 0.493 e. The zero-order valence-electron chi connectivity index (χ0n) is 19.8. The maximum atomic E-state index is 6.52. The predicted molar refractivity (Wildman–Crippen MR) is 136 cm³/mol. The third-order valence-corrected chi connectivity index (χ3v) is 5.93. The Labute approximate surface area is 204 Å². The van der Waals surface area contributed by atoms with Crippen LogP contribution in [0.4, 0.5) is 0 Å². The number of hydrogen-bond acceptors (Lipinski definition) is 4. The maximum absolute atomic E-state index is 6.52. The van der Waals surface area contributed by atoms with E-state index in [1.165, 1.54) is 38.8 Å². The topological polar surface area (TPSA) is 33.7 Å². The van der Waals surface area contributed by atoms with Crippen molar-refractivity contribution in [1.29, 1.82) is 0 Å². The lowest BCUT2D eigenvalue weighted by atomic mass is 10.2. The summed E-state index contributed by atoms with van der Waals surface area (Å²) in [4.78, 5) is 2.60. The van der Waals surface area contributed by atoms with Gasteiger partial charge in [-0.15, -0.1) is 0 Å². The van der Waals surface area contributed by atoms with Gasteiger partial charge in [0.05, 0.1) is 12.1 Å². The molecule has 178 valence electrons. The van der Waals surface area contributed by atoms with Crippen LogP contribution in [0.3, 0.4) is 0 Å². The van der Waals surface area contributed by atoms with E-state index in [2.05, 4.69) is 24.1 Å². The van der Waals surface area contributed by atoms with Gasteiger partial charge >= 0.3 is 0 Å². The lowest BCUT2D eigenvalue weighted by molar-refractivity contribution is 0.261. The molecule has 4 nitrogen and oxygen atoms in total. The van der Waals surface area contributed by atoms with Crippen molar-refractivity contribution in [3.05, 3.63) is 57.6 Å². The Bertz CT molecular complexity index is 776. The monoisotopic (exact) mass is 480 g/mol. The molecule has 0 spiro atoms. The standard InChI is InChI=1S/C26H38Cl2N2O2/c1-4-6-14-30(15-7-5-2)16-8-13-29-19-22-17-24(28)26(25(18-22)31-3)32-20-21-9-11-23(27)12-10-21/h9-12,17-18,29H,4-8,13-16,19-20H2,1-3H3. The number of nitrogens with zero attached hydrogens (tertiary/aromatic N) is 1. The summed E-state index contributed by atoms with van der Waals surface area (Å²) in [6.45, 7) is 10.2.